The molecular weight excluding hydrogens is 202 g/mol. The molecule has 1 unspecified atom stereocenters. The highest BCUT2D eigenvalue weighted by molar-refractivity contribution is 5.92. The molecule has 1 aromatic rings. The van der Waals surface area contributed by atoms with Gasteiger partial charge >= 0.3 is 0 Å². The molecule has 4 heteroatoms. The third-order valence-corrected chi connectivity index (χ3v) is 2.02. The molecular formula is C12H19N3O. The number of nitrogens with zero attached hydrogens (tertiary/aromatic N) is 1. The van der Waals surface area contributed by atoms with Crippen LogP contribution >= 0.6 is 0 Å². The van der Waals surface area contributed by atoms with Crippen molar-refractivity contribution in [1.29, 1.82) is 0 Å². The van der Waals surface area contributed by atoms with E-state index in [1.807, 2.05) is 44.2 Å². The first-order chi connectivity index (χ1) is 7.72. The summed E-state index contributed by atoms with van der Waals surface area (Å²) in [4.78, 5) is 4.20. The highest BCUT2D eigenvalue weighted by Gasteiger charge is 1.99. The Morgan fingerprint density at radius 1 is 1.44 bits per heavy atom. The molecule has 1 atom stereocenters. The van der Waals surface area contributed by atoms with E-state index in [1.54, 1.807) is 0 Å². The number of nitrogens with one attached hydrogen (secondary N) is 1. The van der Waals surface area contributed by atoms with Crippen LogP contribution in [0.5, 0.6) is 0 Å². The molecule has 1 rings (SSSR count). The summed E-state index contributed by atoms with van der Waals surface area (Å²) in [5, 5.41) is 3.01. The largest absolute Gasteiger partial charge is 0.377 e. The number of rotatable bonds is 5. The SMILES string of the molecule is CCOC(C)CN=C(N)Nc1ccccc1. The van der Waals surface area contributed by atoms with E-state index in [2.05, 4.69) is 10.3 Å². The van der Waals surface area contributed by atoms with Crippen molar-refractivity contribution in [2.45, 2.75) is 20.0 Å². The topological polar surface area (TPSA) is 59.6 Å². The number of aliphatic imine (C=N–C) groups is 1. The Morgan fingerprint density at radius 2 is 2.12 bits per heavy atom. The number of benzene rings is 1. The van der Waals surface area contributed by atoms with Crippen molar-refractivity contribution in [2.24, 2.45) is 10.7 Å². The Balaban J connectivity index is 2.40. The second-order valence-electron chi connectivity index (χ2n) is 3.48. The molecule has 0 saturated heterocycles. The fraction of sp³-hybridized carbons (Fsp3) is 0.417. The van der Waals surface area contributed by atoms with E-state index in [9.17, 15) is 0 Å². The lowest BCUT2D eigenvalue weighted by molar-refractivity contribution is 0.0829. The summed E-state index contributed by atoms with van der Waals surface area (Å²) < 4.78 is 5.35. The van der Waals surface area contributed by atoms with Crippen LogP contribution in [0.3, 0.4) is 0 Å². The zero-order valence-electron chi connectivity index (χ0n) is 9.81. The Kier molecular flexibility index (Phi) is 5.36. The van der Waals surface area contributed by atoms with Gasteiger partial charge in [0, 0.05) is 12.3 Å². The lowest BCUT2D eigenvalue weighted by Crippen LogP contribution is -2.24. The Morgan fingerprint density at radius 3 is 2.75 bits per heavy atom. The van der Waals surface area contributed by atoms with E-state index in [-0.39, 0.29) is 6.10 Å². The fourth-order valence-electron chi connectivity index (χ4n) is 1.27. The van der Waals surface area contributed by atoms with Crippen molar-refractivity contribution in [3.8, 4) is 0 Å². The summed E-state index contributed by atoms with van der Waals surface area (Å²) in [6, 6.07) is 9.72. The van der Waals surface area contributed by atoms with Gasteiger partial charge in [0.15, 0.2) is 5.96 Å². The van der Waals surface area contributed by atoms with Crippen molar-refractivity contribution in [2.75, 3.05) is 18.5 Å². The van der Waals surface area contributed by atoms with Crippen molar-refractivity contribution in [3.63, 3.8) is 0 Å². The third-order valence-electron chi connectivity index (χ3n) is 2.02. The van der Waals surface area contributed by atoms with Gasteiger partial charge in [0.25, 0.3) is 0 Å². The Hall–Kier alpha value is -1.55. The number of hydrogen-bond donors (Lipinski definition) is 2. The number of ether oxygens (including phenoxy) is 1. The number of guanidine groups is 1. The van der Waals surface area contributed by atoms with Crippen LogP contribution in [0.2, 0.25) is 0 Å². The summed E-state index contributed by atoms with van der Waals surface area (Å²) >= 11 is 0. The fourth-order valence-corrected chi connectivity index (χ4v) is 1.27. The van der Waals surface area contributed by atoms with Gasteiger partial charge in [-0.1, -0.05) is 18.2 Å². The highest BCUT2D eigenvalue weighted by atomic mass is 16.5. The second-order valence-corrected chi connectivity index (χ2v) is 3.48. The zero-order chi connectivity index (χ0) is 11.8. The van der Waals surface area contributed by atoms with E-state index in [4.69, 9.17) is 10.5 Å². The Labute approximate surface area is 96.5 Å². The van der Waals surface area contributed by atoms with Crippen LogP contribution in [0, 0.1) is 0 Å². The summed E-state index contributed by atoms with van der Waals surface area (Å²) in [7, 11) is 0. The van der Waals surface area contributed by atoms with Gasteiger partial charge in [0.1, 0.15) is 0 Å². The first-order valence-corrected chi connectivity index (χ1v) is 5.46. The third kappa shape index (κ3) is 4.79. The van der Waals surface area contributed by atoms with Crippen LogP contribution in [0.15, 0.2) is 35.3 Å². The number of hydrogen-bond acceptors (Lipinski definition) is 2. The predicted octanol–water partition coefficient (Wildman–Crippen LogP) is 1.84. The monoisotopic (exact) mass is 221 g/mol. The van der Waals surface area contributed by atoms with Gasteiger partial charge in [-0.25, -0.2) is 0 Å². The van der Waals surface area contributed by atoms with E-state index >= 15 is 0 Å². The number of para-hydroxylation sites is 1. The quantitative estimate of drug-likeness (QED) is 0.589. The summed E-state index contributed by atoms with van der Waals surface area (Å²) in [5.41, 5.74) is 6.67. The van der Waals surface area contributed by atoms with Crippen molar-refractivity contribution in [3.05, 3.63) is 30.3 Å². The van der Waals surface area contributed by atoms with Crippen LogP contribution in [0.1, 0.15) is 13.8 Å². The molecule has 88 valence electrons. The first kappa shape index (κ1) is 12.5. The number of nitrogens with two attached hydrogens (primary N) is 1. The van der Waals surface area contributed by atoms with Crippen molar-refractivity contribution < 1.29 is 4.74 Å². The maximum absolute atomic E-state index is 5.73. The predicted molar refractivity (Wildman–Crippen MR) is 67.6 cm³/mol. The molecule has 3 N–H and O–H groups in total. The normalized spacial score (nSPS) is 13.5. The smallest absolute Gasteiger partial charge is 0.193 e. The summed E-state index contributed by atoms with van der Waals surface area (Å²) in [6.45, 7) is 5.21. The van der Waals surface area contributed by atoms with Gasteiger partial charge in [-0.3, -0.25) is 4.99 Å². The van der Waals surface area contributed by atoms with Gasteiger partial charge in [-0.2, -0.15) is 0 Å². The summed E-state index contributed by atoms with van der Waals surface area (Å²) in [5.74, 6) is 0.415. The molecule has 0 fully saturated rings. The molecule has 0 radical (unpaired) electrons. The van der Waals surface area contributed by atoms with Crippen LogP contribution in [0.25, 0.3) is 0 Å². The first-order valence-electron chi connectivity index (χ1n) is 5.46. The van der Waals surface area contributed by atoms with Crippen LogP contribution in [0.4, 0.5) is 5.69 Å². The van der Waals surface area contributed by atoms with E-state index in [1.165, 1.54) is 0 Å². The van der Waals surface area contributed by atoms with Gasteiger partial charge in [-0.15, -0.1) is 0 Å². The van der Waals surface area contributed by atoms with Crippen LogP contribution in [-0.2, 0) is 4.74 Å². The average molecular weight is 221 g/mol. The number of anilines is 1. The molecule has 0 saturated carbocycles. The highest BCUT2D eigenvalue weighted by Crippen LogP contribution is 2.03. The second kappa shape index (κ2) is 6.85. The molecule has 0 aromatic heterocycles. The standard InChI is InChI=1S/C12H19N3O/c1-3-16-10(2)9-14-12(13)15-11-7-5-4-6-8-11/h4-8,10H,3,9H2,1-2H3,(H3,13,14,15). The maximum Gasteiger partial charge on any atom is 0.193 e. The lowest BCUT2D eigenvalue weighted by atomic mass is 10.3. The minimum Gasteiger partial charge on any atom is -0.377 e. The van der Waals surface area contributed by atoms with Gasteiger partial charge in [0.05, 0.1) is 12.6 Å². The molecule has 16 heavy (non-hydrogen) atoms. The van der Waals surface area contributed by atoms with Gasteiger partial charge < -0.3 is 15.8 Å². The molecule has 0 amide bonds. The lowest BCUT2D eigenvalue weighted by Gasteiger charge is -2.09. The zero-order valence-corrected chi connectivity index (χ0v) is 9.81. The van der Waals surface area contributed by atoms with Gasteiger partial charge in [-0.05, 0) is 26.0 Å². The van der Waals surface area contributed by atoms with E-state index < -0.39 is 0 Å². The van der Waals surface area contributed by atoms with E-state index in [0.717, 1.165) is 5.69 Å². The minimum atomic E-state index is 0.0983. The minimum absolute atomic E-state index is 0.0983. The molecule has 4 nitrogen and oxygen atoms in total. The van der Waals surface area contributed by atoms with Crippen LogP contribution < -0.4 is 11.1 Å². The molecule has 1 aromatic carbocycles. The van der Waals surface area contributed by atoms with Crippen LogP contribution in [-0.4, -0.2) is 25.2 Å². The molecule has 0 bridgehead atoms. The summed E-state index contributed by atoms with van der Waals surface area (Å²) in [6.07, 6.45) is 0.0983. The maximum atomic E-state index is 5.73. The Bertz CT molecular complexity index is 324. The molecule has 0 aliphatic rings. The molecule has 0 heterocycles. The van der Waals surface area contributed by atoms with Gasteiger partial charge in [0.2, 0.25) is 0 Å². The molecule has 0 spiro atoms. The molecule has 0 aliphatic heterocycles. The van der Waals surface area contributed by atoms with E-state index in [0.29, 0.717) is 19.1 Å². The molecule has 0 aliphatic carbocycles. The van der Waals surface area contributed by atoms with Crippen molar-refractivity contribution >= 4 is 11.6 Å². The van der Waals surface area contributed by atoms with Crippen molar-refractivity contribution in [1.82, 2.24) is 0 Å². The average Bonchev–Trinajstić information content (AvgIpc) is 2.28.